The van der Waals surface area contributed by atoms with Crippen molar-refractivity contribution in [3.8, 4) is 0 Å². The molecule has 0 spiro atoms. The molecule has 1 aliphatic heterocycles. The smallest absolute Gasteiger partial charge is 0.272 e. The van der Waals surface area contributed by atoms with Crippen molar-refractivity contribution in [1.29, 1.82) is 0 Å². The van der Waals surface area contributed by atoms with Crippen LogP contribution in [0.15, 0.2) is 0 Å². The highest BCUT2D eigenvalue weighted by Gasteiger charge is 2.63. The Morgan fingerprint density at radius 2 is 2.23 bits per heavy atom. The molecule has 74 valence electrons. The van der Waals surface area contributed by atoms with Crippen LogP contribution in [-0.4, -0.2) is 29.8 Å². The van der Waals surface area contributed by atoms with E-state index in [9.17, 15) is 13.6 Å². The van der Waals surface area contributed by atoms with Crippen molar-refractivity contribution in [3.05, 3.63) is 0 Å². The predicted molar refractivity (Wildman–Crippen MR) is 42.5 cm³/mol. The van der Waals surface area contributed by atoms with Gasteiger partial charge in [0, 0.05) is 0 Å². The number of halogens is 2. The zero-order valence-corrected chi connectivity index (χ0v) is 7.15. The Morgan fingerprint density at radius 3 is 2.85 bits per heavy atom. The van der Waals surface area contributed by atoms with Crippen LogP contribution in [0.2, 0.25) is 0 Å². The first-order valence-electron chi connectivity index (χ1n) is 4.40. The van der Waals surface area contributed by atoms with Crippen molar-refractivity contribution < 1.29 is 13.6 Å². The van der Waals surface area contributed by atoms with E-state index in [4.69, 9.17) is 5.73 Å². The summed E-state index contributed by atoms with van der Waals surface area (Å²) < 4.78 is 26.4. The molecule has 1 unspecified atom stereocenters. The molecule has 2 rings (SSSR count). The number of carbonyl (C=O) groups is 1. The predicted octanol–water partition coefficient (Wildman–Crippen LogP) is 0.0440. The number of rotatable bonds is 0. The molecular weight excluding hydrogens is 178 g/mol. The molecule has 3 nitrogen and oxygen atoms in total. The number of hydrogen-bond donors (Lipinski definition) is 2. The molecule has 0 aromatic carbocycles. The SMILES string of the molecule is N[C@]12CCCNC1C(F)(F)CC2=O. The summed E-state index contributed by atoms with van der Waals surface area (Å²) in [4.78, 5) is 11.3. The third kappa shape index (κ3) is 1.10. The summed E-state index contributed by atoms with van der Waals surface area (Å²) in [6, 6.07) is -1.15. The van der Waals surface area contributed by atoms with Crippen molar-refractivity contribution in [1.82, 2.24) is 5.32 Å². The molecule has 1 aliphatic carbocycles. The number of ketones is 1. The van der Waals surface area contributed by atoms with Gasteiger partial charge in [-0.25, -0.2) is 8.78 Å². The second kappa shape index (κ2) is 2.48. The van der Waals surface area contributed by atoms with Crippen LogP contribution in [0.4, 0.5) is 8.78 Å². The minimum atomic E-state index is -2.97. The summed E-state index contributed by atoms with van der Waals surface area (Å²) in [7, 11) is 0. The van der Waals surface area contributed by atoms with Crippen molar-refractivity contribution >= 4 is 5.78 Å². The van der Waals surface area contributed by atoms with E-state index in [0.717, 1.165) is 0 Å². The molecule has 0 aromatic heterocycles. The van der Waals surface area contributed by atoms with Gasteiger partial charge in [-0.05, 0) is 19.4 Å². The highest BCUT2D eigenvalue weighted by molar-refractivity contribution is 5.93. The van der Waals surface area contributed by atoms with E-state index in [0.29, 0.717) is 19.4 Å². The first-order valence-corrected chi connectivity index (χ1v) is 4.40. The van der Waals surface area contributed by atoms with Gasteiger partial charge in [0.25, 0.3) is 5.92 Å². The lowest BCUT2D eigenvalue weighted by Crippen LogP contribution is -2.64. The van der Waals surface area contributed by atoms with Gasteiger partial charge in [-0.2, -0.15) is 0 Å². The van der Waals surface area contributed by atoms with Crippen LogP contribution in [0.25, 0.3) is 0 Å². The van der Waals surface area contributed by atoms with Crippen molar-refractivity contribution in [2.45, 2.75) is 36.8 Å². The maximum absolute atomic E-state index is 13.2. The number of fused-ring (bicyclic) bond motifs is 1. The van der Waals surface area contributed by atoms with Gasteiger partial charge in [0.15, 0.2) is 5.78 Å². The molecule has 0 bridgehead atoms. The fraction of sp³-hybridized carbons (Fsp3) is 0.875. The number of Topliss-reactive ketones (excluding diaryl/α,β-unsaturated/α-hetero) is 1. The van der Waals surface area contributed by atoms with Gasteiger partial charge in [0.1, 0.15) is 0 Å². The highest BCUT2D eigenvalue weighted by atomic mass is 19.3. The highest BCUT2D eigenvalue weighted by Crippen LogP contribution is 2.41. The standard InChI is InChI=1S/C8H12F2N2O/c9-8(10)4-5(13)7(11)2-1-3-12-6(7)8/h6,12H,1-4,11H2/t6?,7-/m0/s1. The van der Waals surface area contributed by atoms with Crippen molar-refractivity contribution in [2.24, 2.45) is 5.73 Å². The summed E-state index contributed by atoms with van der Waals surface area (Å²) in [6.45, 7) is 0.520. The second-order valence-electron chi connectivity index (χ2n) is 3.89. The van der Waals surface area contributed by atoms with Crippen molar-refractivity contribution in [3.63, 3.8) is 0 Å². The topological polar surface area (TPSA) is 55.1 Å². The molecular formula is C8H12F2N2O. The van der Waals surface area contributed by atoms with E-state index in [1.807, 2.05) is 0 Å². The van der Waals surface area contributed by atoms with Crippen LogP contribution in [0, 0.1) is 0 Å². The van der Waals surface area contributed by atoms with Gasteiger partial charge in [-0.15, -0.1) is 0 Å². The number of nitrogens with two attached hydrogens (primary N) is 1. The monoisotopic (exact) mass is 190 g/mol. The Balaban J connectivity index is 2.35. The third-order valence-corrected chi connectivity index (χ3v) is 2.97. The van der Waals surface area contributed by atoms with Gasteiger partial charge in [0.05, 0.1) is 18.0 Å². The van der Waals surface area contributed by atoms with E-state index < -0.39 is 29.7 Å². The maximum Gasteiger partial charge on any atom is 0.272 e. The molecule has 5 heteroatoms. The largest absolute Gasteiger partial charge is 0.317 e. The molecule has 1 saturated carbocycles. The average Bonchev–Trinajstić information content (AvgIpc) is 2.20. The lowest BCUT2D eigenvalue weighted by atomic mass is 9.84. The lowest BCUT2D eigenvalue weighted by Gasteiger charge is -2.36. The van der Waals surface area contributed by atoms with Gasteiger partial charge >= 0.3 is 0 Å². The molecule has 13 heavy (non-hydrogen) atoms. The first-order chi connectivity index (χ1) is 5.97. The molecule has 1 heterocycles. The molecule has 2 fully saturated rings. The Labute approximate surface area is 74.7 Å². The van der Waals surface area contributed by atoms with Crippen LogP contribution in [0.3, 0.4) is 0 Å². The Bertz CT molecular complexity index is 257. The van der Waals surface area contributed by atoms with Gasteiger partial charge in [-0.3, -0.25) is 4.79 Å². The number of nitrogens with one attached hydrogen (secondary N) is 1. The zero-order valence-electron chi connectivity index (χ0n) is 7.15. The molecule has 3 N–H and O–H groups in total. The Hall–Kier alpha value is -0.550. The van der Waals surface area contributed by atoms with Gasteiger partial charge < -0.3 is 11.1 Å². The van der Waals surface area contributed by atoms with Crippen molar-refractivity contribution in [2.75, 3.05) is 6.54 Å². The van der Waals surface area contributed by atoms with Gasteiger partial charge in [-0.1, -0.05) is 0 Å². The summed E-state index contributed by atoms with van der Waals surface area (Å²) in [5.74, 6) is -3.47. The zero-order chi connectivity index (χ0) is 9.69. The number of hydrogen-bond acceptors (Lipinski definition) is 3. The Kier molecular flexibility index (Phi) is 1.72. The molecule has 0 aromatic rings. The van der Waals surface area contributed by atoms with E-state index in [1.54, 1.807) is 0 Å². The quantitative estimate of drug-likeness (QED) is 0.567. The number of carbonyl (C=O) groups excluding carboxylic acids is 1. The normalized spacial score (nSPS) is 43.3. The molecule has 0 radical (unpaired) electrons. The third-order valence-electron chi connectivity index (χ3n) is 2.97. The van der Waals surface area contributed by atoms with E-state index in [2.05, 4.69) is 5.32 Å². The maximum atomic E-state index is 13.2. The van der Waals surface area contributed by atoms with Crippen LogP contribution in [0.1, 0.15) is 19.3 Å². The van der Waals surface area contributed by atoms with Crippen LogP contribution < -0.4 is 11.1 Å². The summed E-state index contributed by atoms with van der Waals surface area (Å²) in [6.07, 6.45) is 0.356. The minimum Gasteiger partial charge on any atom is -0.317 e. The van der Waals surface area contributed by atoms with E-state index in [-0.39, 0.29) is 0 Å². The number of piperidine rings is 1. The summed E-state index contributed by atoms with van der Waals surface area (Å²) in [5, 5.41) is 2.65. The van der Waals surface area contributed by atoms with E-state index in [1.165, 1.54) is 0 Å². The van der Waals surface area contributed by atoms with Crippen LogP contribution in [0.5, 0.6) is 0 Å². The van der Waals surface area contributed by atoms with Crippen LogP contribution >= 0.6 is 0 Å². The second-order valence-corrected chi connectivity index (χ2v) is 3.89. The molecule has 0 amide bonds. The fourth-order valence-corrected chi connectivity index (χ4v) is 2.26. The molecule has 2 atom stereocenters. The number of alkyl halides is 2. The summed E-state index contributed by atoms with van der Waals surface area (Å²) in [5.41, 5.74) is 4.37. The minimum absolute atomic E-state index is 0.374. The lowest BCUT2D eigenvalue weighted by molar-refractivity contribution is -0.123. The summed E-state index contributed by atoms with van der Waals surface area (Å²) >= 11 is 0. The fourth-order valence-electron chi connectivity index (χ4n) is 2.26. The van der Waals surface area contributed by atoms with E-state index >= 15 is 0 Å². The van der Waals surface area contributed by atoms with Crippen LogP contribution in [-0.2, 0) is 4.79 Å². The average molecular weight is 190 g/mol. The van der Waals surface area contributed by atoms with Gasteiger partial charge in [0.2, 0.25) is 0 Å². The molecule has 1 saturated heterocycles. The first kappa shape index (κ1) is 9.02. The Morgan fingerprint density at radius 1 is 1.54 bits per heavy atom. The molecule has 2 aliphatic rings.